The van der Waals surface area contributed by atoms with Crippen LogP contribution in [0.5, 0.6) is 5.75 Å². The summed E-state index contributed by atoms with van der Waals surface area (Å²) in [6.45, 7) is 0.498. The molecule has 6 rings (SSSR count). The number of thioether (sulfide) groups is 1. The molecule has 1 aliphatic rings. The van der Waals surface area contributed by atoms with Crippen LogP contribution in [0.2, 0.25) is 0 Å². The number of nitrogens with one attached hydrogen (secondary N) is 1. The van der Waals surface area contributed by atoms with Gasteiger partial charge in [-0.1, -0.05) is 91.0 Å². The van der Waals surface area contributed by atoms with E-state index in [1.165, 1.54) is 33.0 Å². The van der Waals surface area contributed by atoms with Gasteiger partial charge >= 0.3 is 0 Å². The van der Waals surface area contributed by atoms with Gasteiger partial charge in [0.1, 0.15) is 12.4 Å². The van der Waals surface area contributed by atoms with Gasteiger partial charge in [-0.05, 0) is 68.4 Å². The maximum Gasteiger partial charge on any atom is 0.250 e. The number of fused-ring (bicyclic) bond motifs is 4. The van der Waals surface area contributed by atoms with Crippen molar-refractivity contribution < 1.29 is 9.53 Å². The summed E-state index contributed by atoms with van der Waals surface area (Å²) in [7, 11) is 0. The van der Waals surface area contributed by atoms with Crippen LogP contribution in [0.4, 0.5) is 0 Å². The van der Waals surface area contributed by atoms with E-state index in [-0.39, 0.29) is 11.2 Å². The van der Waals surface area contributed by atoms with Crippen molar-refractivity contribution in [1.82, 2.24) is 5.43 Å². The molecule has 4 nitrogen and oxygen atoms in total. The Labute approximate surface area is 226 Å². The predicted octanol–water partition coefficient (Wildman–Crippen LogP) is 7.37. The smallest absolute Gasteiger partial charge is 0.250 e. The molecule has 1 amide bonds. The van der Waals surface area contributed by atoms with E-state index in [1.807, 2.05) is 36.4 Å². The Morgan fingerprint density at radius 3 is 2.21 bits per heavy atom. The molecule has 0 saturated carbocycles. The molecule has 1 N–H and O–H groups in total. The van der Waals surface area contributed by atoms with Gasteiger partial charge in [0.2, 0.25) is 5.91 Å². The van der Waals surface area contributed by atoms with Gasteiger partial charge in [0.05, 0.1) is 17.2 Å². The van der Waals surface area contributed by atoms with Crippen molar-refractivity contribution in [3.05, 3.63) is 138 Å². The number of rotatable bonds is 8. The molecule has 0 heterocycles. The molecule has 0 bridgehead atoms. The van der Waals surface area contributed by atoms with E-state index in [1.54, 1.807) is 18.0 Å². The molecule has 38 heavy (non-hydrogen) atoms. The summed E-state index contributed by atoms with van der Waals surface area (Å²) in [6.07, 6.45) is 1.65. The first kappa shape index (κ1) is 24.0. The molecule has 0 aromatic heterocycles. The summed E-state index contributed by atoms with van der Waals surface area (Å²) in [4.78, 5) is 12.5. The van der Waals surface area contributed by atoms with E-state index in [4.69, 9.17) is 4.74 Å². The van der Waals surface area contributed by atoms with Crippen LogP contribution in [0.15, 0.2) is 120 Å². The zero-order chi connectivity index (χ0) is 25.7. The van der Waals surface area contributed by atoms with Crippen molar-refractivity contribution in [3.8, 4) is 16.9 Å². The van der Waals surface area contributed by atoms with Crippen molar-refractivity contribution in [2.24, 2.45) is 5.10 Å². The summed E-state index contributed by atoms with van der Waals surface area (Å²) >= 11 is 1.63. The van der Waals surface area contributed by atoms with Crippen molar-refractivity contribution in [1.29, 1.82) is 0 Å². The normalized spacial score (nSPS) is 12.4. The molecule has 0 saturated heterocycles. The van der Waals surface area contributed by atoms with Gasteiger partial charge in [-0.3, -0.25) is 4.79 Å². The highest BCUT2D eigenvalue weighted by molar-refractivity contribution is 8.00. The van der Waals surface area contributed by atoms with E-state index in [0.717, 1.165) is 16.9 Å². The summed E-state index contributed by atoms with van der Waals surface area (Å²) in [5.41, 5.74) is 9.73. The third-order valence-electron chi connectivity index (χ3n) is 6.72. The first-order valence-corrected chi connectivity index (χ1v) is 13.6. The molecule has 0 spiro atoms. The number of hydrogen-bond acceptors (Lipinski definition) is 4. The maximum atomic E-state index is 12.5. The van der Waals surface area contributed by atoms with Crippen LogP contribution < -0.4 is 10.2 Å². The van der Waals surface area contributed by atoms with Crippen LogP contribution in [0.1, 0.15) is 27.5 Å². The third-order valence-corrected chi connectivity index (χ3v) is 7.99. The molecular formula is C33H26N2O2S. The number of benzene rings is 5. The van der Waals surface area contributed by atoms with E-state index in [2.05, 4.69) is 89.4 Å². The van der Waals surface area contributed by atoms with Crippen LogP contribution in [-0.2, 0) is 11.4 Å². The lowest BCUT2D eigenvalue weighted by atomic mass is 10.1. The van der Waals surface area contributed by atoms with Gasteiger partial charge in [0, 0.05) is 0 Å². The Morgan fingerprint density at radius 2 is 1.45 bits per heavy atom. The van der Waals surface area contributed by atoms with Crippen molar-refractivity contribution in [3.63, 3.8) is 0 Å². The summed E-state index contributed by atoms with van der Waals surface area (Å²) < 4.78 is 6.01. The molecule has 0 atom stereocenters. The molecule has 186 valence electrons. The number of carbonyl (C=O) groups excluding carboxylic acids is 1. The predicted molar refractivity (Wildman–Crippen MR) is 157 cm³/mol. The van der Waals surface area contributed by atoms with Crippen molar-refractivity contribution in [2.75, 3.05) is 5.75 Å². The Bertz CT molecular complexity index is 1580. The number of nitrogens with zero attached hydrogens (tertiary/aromatic N) is 1. The lowest BCUT2D eigenvalue weighted by Gasteiger charge is -2.12. The highest BCUT2D eigenvalue weighted by Crippen LogP contribution is 2.49. The first-order chi connectivity index (χ1) is 18.8. The van der Waals surface area contributed by atoms with E-state index in [9.17, 15) is 4.79 Å². The van der Waals surface area contributed by atoms with Crippen LogP contribution in [0.25, 0.3) is 21.9 Å². The molecule has 1 aliphatic carbocycles. The highest BCUT2D eigenvalue weighted by Gasteiger charge is 2.28. The van der Waals surface area contributed by atoms with Gasteiger partial charge in [-0.15, -0.1) is 11.8 Å². The molecule has 0 fully saturated rings. The molecular weight excluding hydrogens is 488 g/mol. The van der Waals surface area contributed by atoms with Crippen LogP contribution >= 0.6 is 11.8 Å². The molecule has 0 unspecified atom stereocenters. The standard InChI is InChI=1S/C33H26N2O2S/c36-32(22-38-33-30-14-5-3-12-28(30)29-13-4-6-15-31(29)33)35-34-20-23-16-18-26(19-17-23)37-21-25-10-7-9-24-8-1-2-11-27(24)25/h1-20,33H,21-22H2,(H,35,36)/b34-20-. The van der Waals surface area contributed by atoms with Gasteiger partial charge < -0.3 is 4.74 Å². The van der Waals surface area contributed by atoms with Gasteiger partial charge in [0.25, 0.3) is 0 Å². The molecule has 5 aromatic rings. The van der Waals surface area contributed by atoms with E-state index in [0.29, 0.717) is 12.4 Å². The molecule has 5 aromatic carbocycles. The minimum atomic E-state index is -0.122. The van der Waals surface area contributed by atoms with Gasteiger partial charge in [0.15, 0.2) is 0 Å². The lowest BCUT2D eigenvalue weighted by molar-refractivity contribution is -0.118. The Morgan fingerprint density at radius 1 is 0.789 bits per heavy atom. The zero-order valence-corrected chi connectivity index (χ0v) is 21.5. The largest absolute Gasteiger partial charge is 0.489 e. The Kier molecular flexibility index (Phi) is 6.92. The number of carbonyl (C=O) groups is 1. The minimum absolute atomic E-state index is 0.122. The molecule has 5 heteroatoms. The summed E-state index contributed by atoms with van der Waals surface area (Å²) in [6, 6.07) is 39.1. The van der Waals surface area contributed by atoms with E-state index < -0.39 is 0 Å². The third kappa shape index (κ3) is 5.06. The fourth-order valence-corrected chi connectivity index (χ4v) is 6.04. The van der Waals surface area contributed by atoms with Gasteiger partial charge in [-0.2, -0.15) is 5.10 Å². The average molecular weight is 515 g/mol. The second-order valence-electron chi connectivity index (χ2n) is 9.15. The second-order valence-corrected chi connectivity index (χ2v) is 10.2. The first-order valence-electron chi connectivity index (χ1n) is 12.6. The fraction of sp³-hybridized carbons (Fsp3) is 0.0909. The number of ether oxygens (including phenoxy) is 1. The number of hydrazone groups is 1. The topological polar surface area (TPSA) is 50.7 Å². The van der Waals surface area contributed by atoms with Crippen LogP contribution in [0, 0.1) is 0 Å². The quantitative estimate of drug-likeness (QED) is 0.174. The fourth-order valence-electron chi connectivity index (χ4n) is 4.89. The zero-order valence-electron chi connectivity index (χ0n) is 20.7. The Balaban J connectivity index is 1.01. The summed E-state index contributed by atoms with van der Waals surface area (Å²) in [5.74, 6) is 0.988. The maximum absolute atomic E-state index is 12.5. The van der Waals surface area contributed by atoms with Crippen molar-refractivity contribution >= 4 is 34.7 Å². The molecule has 0 aliphatic heterocycles. The Hall–Kier alpha value is -4.35. The van der Waals surface area contributed by atoms with Crippen molar-refractivity contribution in [2.45, 2.75) is 11.9 Å². The molecule has 0 radical (unpaired) electrons. The van der Waals surface area contributed by atoms with Crippen LogP contribution in [0.3, 0.4) is 0 Å². The van der Waals surface area contributed by atoms with Gasteiger partial charge in [-0.25, -0.2) is 5.43 Å². The number of amides is 1. The number of hydrogen-bond donors (Lipinski definition) is 1. The highest BCUT2D eigenvalue weighted by atomic mass is 32.2. The SMILES string of the molecule is O=C(CSC1c2ccccc2-c2ccccc21)N/N=C\c1ccc(OCc2cccc3ccccc23)cc1. The second kappa shape index (κ2) is 11.0. The minimum Gasteiger partial charge on any atom is -0.489 e. The van der Waals surface area contributed by atoms with Crippen LogP contribution in [-0.4, -0.2) is 17.9 Å². The monoisotopic (exact) mass is 514 g/mol. The summed E-state index contributed by atoms with van der Waals surface area (Å²) in [5, 5.41) is 6.72. The average Bonchev–Trinajstić information content (AvgIpc) is 3.29. The van der Waals surface area contributed by atoms with E-state index >= 15 is 0 Å². The lowest BCUT2D eigenvalue weighted by Crippen LogP contribution is -2.20.